The van der Waals surface area contributed by atoms with E-state index in [1.165, 1.54) is 5.56 Å². The Morgan fingerprint density at radius 2 is 2.00 bits per heavy atom. The van der Waals surface area contributed by atoms with Crippen LogP contribution in [-0.2, 0) is 6.54 Å². The van der Waals surface area contributed by atoms with Crippen LogP contribution in [-0.4, -0.2) is 9.78 Å². The van der Waals surface area contributed by atoms with Gasteiger partial charge in [0, 0.05) is 24.8 Å². The molecule has 0 radical (unpaired) electrons. The van der Waals surface area contributed by atoms with Crippen LogP contribution in [0.15, 0.2) is 42.6 Å². The minimum Gasteiger partial charge on any atom is -0.365 e. The maximum atomic E-state index is 4.50. The number of rotatable bonds is 5. The molecule has 2 aromatic rings. The second-order valence-corrected chi connectivity index (χ2v) is 4.28. The fraction of sp³-hybridized carbons (Fsp3) is 0.357. The fourth-order valence-electron chi connectivity index (χ4n) is 1.65. The summed E-state index contributed by atoms with van der Waals surface area (Å²) in [7, 11) is 0. The molecule has 1 heterocycles. The van der Waals surface area contributed by atoms with Gasteiger partial charge in [-0.15, -0.1) is 0 Å². The lowest BCUT2D eigenvalue weighted by Crippen LogP contribution is -2.06. The summed E-state index contributed by atoms with van der Waals surface area (Å²) in [6.07, 6.45) is 3.13. The highest BCUT2D eigenvalue weighted by Gasteiger charge is 2.03. The van der Waals surface area contributed by atoms with E-state index >= 15 is 0 Å². The molecule has 2 rings (SSSR count). The third kappa shape index (κ3) is 3.09. The first-order valence-corrected chi connectivity index (χ1v) is 6.12. The van der Waals surface area contributed by atoms with E-state index in [1.807, 2.05) is 23.0 Å². The molecule has 0 spiro atoms. The van der Waals surface area contributed by atoms with Crippen LogP contribution in [0.5, 0.6) is 0 Å². The van der Waals surface area contributed by atoms with E-state index in [4.69, 9.17) is 0 Å². The first-order chi connectivity index (χ1) is 8.29. The molecule has 90 valence electrons. The zero-order chi connectivity index (χ0) is 12.1. The van der Waals surface area contributed by atoms with Gasteiger partial charge >= 0.3 is 0 Å². The molecule has 0 fully saturated rings. The lowest BCUT2D eigenvalue weighted by Gasteiger charge is -2.08. The lowest BCUT2D eigenvalue weighted by molar-refractivity contribution is 0.479. The molecule has 1 aromatic heterocycles. The number of hydrogen-bond acceptors (Lipinski definition) is 2. The van der Waals surface area contributed by atoms with Gasteiger partial charge in [-0.3, -0.25) is 4.68 Å². The number of aromatic nitrogens is 2. The number of nitrogens with zero attached hydrogens (tertiary/aromatic N) is 2. The van der Waals surface area contributed by atoms with E-state index in [9.17, 15) is 0 Å². The van der Waals surface area contributed by atoms with Crippen molar-refractivity contribution < 1.29 is 0 Å². The Balaban J connectivity index is 1.94. The van der Waals surface area contributed by atoms with Crippen LogP contribution in [0.25, 0.3) is 0 Å². The highest BCUT2D eigenvalue weighted by atomic mass is 15.3. The smallest absolute Gasteiger partial charge is 0.148 e. The molecule has 17 heavy (non-hydrogen) atoms. The Labute approximate surface area is 102 Å². The second kappa shape index (κ2) is 5.53. The van der Waals surface area contributed by atoms with Gasteiger partial charge in [0.05, 0.1) is 0 Å². The van der Waals surface area contributed by atoms with Crippen molar-refractivity contribution in [3.63, 3.8) is 0 Å². The quantitative estimate of drug-likeness (QED) is 0.850. The van der Waals surface area contributed by atoms with Crippen LogP contribution in [0.4, 0.5) is 5.82 Å². The summed E-state index contributed by atoms with van der Waals surface area (Å²) >= 11 is 0. The van der Waals surface area contributed by atoms with Crippen LogP contribution in [0.3, 0.4) is 0 Å². The molecule has 1 aromatic carbocycles. The van der Waals surface area contributed by atoms with Gasteiger partial charge in [0.15, 0.2) is 0 Å². The minimum atomic E-state index is 0.460. The summed E-state index contributed by atoms with van der Waals surface area (Å²) in [5, 5.41) is 7.83. The van der Waals surface area contributed by atoms with Crippen LogP contribution in [0, 0.1) is 0 Å². The molecule has 0 aliphatic heterocycles. The normalized spacial score (nSPS) is 12.4. The molecular formula is C14H19N3. The van der Waals surface area contributed by atoms with E-state index in [0.717, 1.165) is 18.8 Å². The molecular weight excluding hydrogens is 210 g/mol. The Morgan fingerprint density at radius 1 is 1.24 bits per heavy atom. The maximum Gasteiger partial charge on any atom is 0.148 e. The zero-order valence-corrected chi connectivity index (χ0v) is 10.4. The molecule has 0 aliphatic carbocycles. The average Bonchev–Trinajstić information content (AvgIpc) is 2.85. The molecule has 1 unspecified atom stereocenters. The summed E-state index contributed by atoms with van der Waals surface area (Å²) in [4.78, 5) is 0. The van der Waals surface area contributed by atoms with Gasteiger partial charge in [0.25, 0.3) is 0 Å². The number of benzene rings is 1. The minimum absolute atomic E-state index is 0.460. The van der Waals surface area contributed by atoms with E-state index in [0.29, 0.717) is 6.04 Å². The monoisotopic (exact) mass is 229 g/mol. The van der Waals surface area contributed by atoms with Crippen molar-refractivity contribution >= 4 is 5.82 Å². The van der Waals surface area contributed by atoms with Gasteiger partial charge in [0.1, 0.15) is 5.82 Å². The molecule has 1 N–H and O–H groups in total. The Kier molecular flexibility index (Phi) is 3.81. The van der Waals surface area contributed by atoms with Crippen LogP contribution in [0.2, 0.25) is 0 Å². The van der Waals surface area contributed by atoms with Crippen LogP contribution < -0.4 is 5.32 Å². The first kappa shape index (κ1) is 11.7. The van der Waals surface area contributed by atoms with E-state index in [2.05, 4.69) is 48.5 Å². The van der Waals surface area contributed by atoms with Crippen LogP contribution in [0.1, 0.15) is 31.9 Å². The molecule has 1 atom stereocenters. The summed E-state index contributed by atoms with van der Waals surface area (Å²) in [6, 6.07) is 12.8. The van der Waals surface area contributed by atoms with Gasteiger partial charge in [-0.05, 0) is 18.9 Å². The number of hydrogen-bond donors (Lipinski definition) is 1. The van der Waals surface area contributed by atoms with Crippen molar-refractivity contribution in [1.82, 2.24) is 9.78 Å². The SMILES string of the molecule is CCC(C)n1ccc(NCc2ccccc2)n1. The predicted molar refractivity (Wildman–Crippen MR) is 71.0 cm³/mol. The largest absolute Gasteiger partial charge is 0.365 e. The predicted octanol–water partition coefficient (Wildman–Crippen LogP) is 3.47. The third-order valence-corrected chi connectivity index (χ3v) is 2.97. The number of nitrogens with one attached hydrogen (secondary N) is 1. The average molecular weight is 229 g/mol. The summed E-state index contributed by atoms with van der Waals surface area (Å²) < 4.78 is 2.01. The summed E-state index contributed by atoms with van der Waals surface area (Å²) in [5.41, 5.74) is 1.27. The Bertz CT molecular complexity index is 448. The Morgan fingerprint density at radius 3 is 2.71 bits per heavy atom. The third-order valence-electron chi connectivity index (χ3n) is 2.97. The highest BCUT2D eigenvalue weighted by molar-refractivity contribution is 5.33. The molecule has 3 nitrogen and oxygen atoms in total. The molecule has 0 saturated heterocycles. The first-order valence-electron chi connectivity index (χ1n) is 6.12. The lowest BCUT2D eigenvalue weighted by atomic mass is 10.2. The van der Waals surface area contributed by atoms with E-state index in [-0.39, 0.29) is 0 Å². The highest BCUT2D eigenvalue weighted by Crippen LogP contribution is 2.12. The van der Waals surface area contributed by atoms with Crippen molar-refractivity contribution in [2.45, 2.75) is 32.9 Å². The molecule has 0 saturated carbocycles. The van der Waals surface area contributed by atoms with Crippen molar-refractivity contribution in [2.75, 3.05) is 5.32 Å². The number of anilines is 1. The van der Waals surface area contributed by atoms with Crippen molar-refractivity contribution in [2.24, 2.45) is 0 Å². The van der Waals surface area contributed by atoms with Gasteiger partial charge in [-0.2, -0.15) is 5.10 Å². The second-order valence-electron chi connectivity index (χ2n) is 4.28. The fourth-order valence-corrected chi connectivity index (χ4v) is 1.65. The molecule has 0 amide bonds. The topological polar surface area (TPSA) is 29.9 Å². The maximum absolute atomic E-state index is 4.50. The molecule has 0 aliphatic rings. The summed E-state index contributed by atoms with van der Waals surface area (Å²) in [6.45, 7) is 5.16. The zero-order valence-electron chi connectivity index (χ0n) is 10.4. The van der Waals surface area contributed by atoms with Gasteiger partial charge in [0.2, 0.25) is 0 Å². The standard InChI is InChI=1S/C14H19N3/c1-3-12(2)17-10-9-14(16-17)15-11-13-7-5-4-6-8-13/h4-10,12H,3,11H2,1-2H3,(H,15,16). The van der Waals surface area contributed by atoms with Crippen molar-refractivity contribution in [3.05, 3.63) is 48.2 Å². The van der Waals surface area contributed by atoms with Gasteiger partial charge < -0.3 is 5.32 Å². The molecule has 0 bridgehead atoms. The van der Waals surface area contributed by atoms with E-state index in [1.54, 1.807) is 0 Å². The molecule has 3 heteroatoms. The van der Waals surface area contributed by atoms with E-state index < -0.39 is 0 Å². The van der Waals surface area contributed by atoms with Crippen molar-refractivity contribution in [1.29, 1.82) is 0 Å². The van der Waals surface area contributed by atoms with Crippen LogP contribution >= 0.6 is 0 Å². The summed E-state index contributed by atoms with van der Waals surface area (Å²) in [5.74, 6) is 0.939. The van der Waals surface area contributed by atoms with Gasteiger partial charge in [-0.25, -0.2) is 0 Å². The Hall–Kier alpha value is -1.77. The van der Waals surface area contributed by atoms with Crippen molar-refractivity contribution in [3.8, 4) is 0 Å². The van der Waals surface area contributed by atoms with Gasteiger partial charge in [-0.1, -0.05) is 37.3 Å².